The van der Waals surface area contributed by atoms with Crippen molar-refractivity contribution < 1.29 is 4.74 Å². The Kier molecular flexibility index (Phi) is 7.42. The van der Waals surface area contributed by atoms with Gasteiger partial charge in [0.15, 0.2) is 0 Å². The molecule has 0 saturated heterocycles. The summed E-state index contributed by atoms with van der Waals surface area (Å²) in [6.45, 7) is 9.78. The van der Waals surface area contributed by atoms with E-state index in [4.69, 9.17) is 4.74 Å². The Bertz CT molecular complexity index is 382. The second-order valence-electron chi connectivity index (χ2n) is 4.89. The van der Waals surface area contributed by atoms with Crippen LogP contribution in [0.25, 0.3) is 0 Å². The van der Waals surface area contributed by atoms with E-state index in [2.05, 4.69) is 72.2 Å². The summed E-state index contributed by atoms with van der Waals surface area (Å²) in [6, 6.07) is 6.43. The molecule has 0 atom stereocenters. The lowest BCUT2D eigenvalue weighted by Crippen LogP contribution is -2.26. The van der Waals surface area contributed by atoms with E-state index in [-0.39, 0.29) is 0 Å². The zero-order chi connectivity index (χ0) is 14.3. The summed E-state index contributed by atoms with van der Waals surface area (Å²) >= 11 is 3.54. The van der Waals surface area contributed by atoms with Crippen molar-refractivity contribution in [3.8, 4) is 0 Å². The highest BCUT2D eigenvalue weighted by Crippen LogP contribution is 2.23. The van der Waals surface area contributed by atoms with Crippen molar-refractivity contribution in [1.29, 1.82) is 0 Å². The van der Waals surface area contributed by atoms with Crippen LogP contribution < -0.4 is 10.2 Å². The number of ether oxygens (including phenoxy) is 1. The highest BCUT2D eigenvalue weighted by atomic mass is 79.9. The molecule has 1 rings (SSSR count). The first kappa shape index (κ1) is 16.5. The minimum absolute atomic E-state index is 0.291. The maximum atomic E-state index is 5.61. The molecule has 1 N–H and O–H groups in total. The van der Waals surface area contributed by atoms with E-state index >= 15 is 0 Å². The fourth-order valence-corrected chi connectivity index (χ4v) is 2.28. The molecule has 19 heavy (non-hydrogen) atoms. The smallest absolute Gasteiger partial charge is 0.0644 e. The average molecular weight is 329 g/mol. The van der Waals surface area contributed by atoms with E-state index in [1.54, 1.807) is 0 Å². The Hall–Kier alpha value is -0.580. The molecule has 1 aromatic carbocycles. The Labute approximate surface area is 125 Å². The number of rotatable bonds is 8. The fourth-order valence-electron chi connectivity index (χ4n) is 1.87. The van der Waals surface area contributed by atoms with Crippen molar-refractivity contribution in [1.82, 2.24) is 5.32 Å². The average Bonchev–Trinajstić information content (AvgIpc) is 2.35. The van der Waals surface area contributed by atoms with Crippen molar-refractivity contribution in [2.45, 2.75) is 33.4 Å². The predicted molar refractivity (Wildman–Crippen MR) is 85.9 cm³/mol. The van der Waals surface area contributed by atoms with Crippen LogP contribution in [0, 0.1) is 0 Å². The van der Waals surface area contributed by atoms with Gasteiger partial charge in [-0.2, -0.15) is 0 Å². The van der Waals surface area contributed by atoms with Gasteiger partial charge in [0.25, 0.3) is 0 Å². The van der Waals surface area contributed by atoms with Crippen molar-refractivity contribution in [2.75, 3.05) is 31.6 Å². The SMILES string of the molecule is CCNCc1cc(Br)ccc1N(C)CCOC(C)C. The Morgan fingerprint density at radius 1 is 1.37 bits per heavy atom. The first-order valence-corrected chi connectivity index (χ1v) is 7.65. The molecule has 0 aromatic heterocycles. The first-order valence-electron chi connectivity index (χ1n) is 6.86. The second kappa shape index (κ2) is 8.56. The summed E-state index contributed by atoms with van der Waals surface area (Å²) in [5.74, 6) is 0. The van der Waals surface area contributed by atoms with Crippen LogP contribution in [0.5, 0.6) is 0 Å². The molecule has 0 heterocycles. The number of hydrogen-bond donors (Lipinski definition) is 1. The molecule has 0 spiro atoms. The molecule has 0 saturated carbocycles. The van der Waals surface area contributed by atoms with Crippen LogP contribution in [0.1, 0.15) is 26.3 Å². The van der Waals surface area contributed by atoms with E-state index in [1.165, 1.54) is 11.3 Å². The molecule has 3 nitrogen and oxygen atoms in total. The number of nitrogens with zero attached hydrogens (tertiary/aromatic N) is 1. The van der Waals surface area contributed by atoms with Gasteiger partial charge in [-0.25, -0.2) is 0 Å². The summed E-state index contributed by atoms with van der Waals surface area (Å²) in [5.41, 5.74) is 2.57. The highest BCUT2D eigenvalue weighted by Gasteiger charge is 2.08. The van der Waals surface area contributed by atoms with Gasteiger partial charge in [0.1, 0.15) is 0 Å². The number of anilines is 1. The minimum atomic E-state index is 0.291. The van der Waals surface area contributed by atoms with Gasteiger partial charge in [-0.05, 0) is 44.2 Å². The normalized spacial score (nSPS) is 11.1. The van der Waals surface area contributed by atoms with Gasteiger partial charge in [-0.1, -0.05) is 22.9 Å². The Balaban J connectivity index is 2.68. The predicted octanol–water partition coefficient (Wildman–Crippen LogP) is 3.42. The van der Waals surface area contributed by atoms with Gasteiger partial charge >= 0.3 is 0 Å². The molecule has 0 aliphatic rings. The first-order chi connectivity index (χ1) is 9.04. The lowest BCUT2D eigenvalue weighted by molar-refractivity contribution is 0.0846. The number of halogens is 1. The van der Waals surface area contributed by atoms with Gasteiger partial charge in [0, 0.05) is 30.3 Å². The van der Waals surface area contributed by atoms with E-state index < -0.39 is 0 Å². The summed E-state index contributed by atoms with van der Waals surface area (Å²) in [5, 5.41) is 3.38. The van der Waals surface area contributed by atoms with Gasteiger partial charge in [0.05, 0.1) is 12.7 Å². The van der Waals surface area contributed by atoms with Crippen molar-refractivity contribution >= 4 is 21.6 Å². The summed E-state index contributed by atoms with van der Waals surface area (Å²) in [6.07, 6.45) is 0.291. The number of likely N-dealkylation sites (N-methyl/N-ethyl adjacent to an activating group) is 1. The molecule has 0 bridgehead atoms. The summed E-state index contributed by atoms with van der Waals surface area (Å²) in [4.78, 5) is 2.25. The van der Waals surface area contributed by atoms with E-state index in [0.717, 1.165) is 30.7 Å². The molecule has 0 aliphatic carbocycles. The van der Waals surface area contributed by atoms with E-state index in [0.29, 0.717) is 6.10 Å². The van der Waals surface area contributed by atoms with Gasteiger partial charge in [-0.15, -0.1) is 0 Å². The third-order valence-corrected chi connectivity index (χ3v) is 3.39. The molecule has 0 aliphatic heterocycles. The van der Waals surface area contributed by atoms with Gasteiger partial charge in [-0.3, -0.25) is 0 Å². The standard InChI is InChI=1S/C15H25BrN2O/c1-5-17-11-13-10-14(16)6-7-15(13)18(4)8-9-19-12(2)3/h6-7,10,12,17H,5,8-9,11H2,1-4H3. The molecular weight excluding hydrogens is 304 g/mol. The molecule has 0 radical (unpaired) electrons. The number of hydrogen-bond acceptors (Lipinski definition) is 3. The zero-order valence-electron chi connectivity index (χ0n) is 12.4. The Morgan fingerprint density at radius 3 is 2.74 bits per heavy atom. The number of benzene rings is 1. The van der Waals surface area contributed by atoms with Crippen LogP contribution in [-0.4, -0.2) is 32.8 Å². The molecular formula is C15H25BrN2O. The van der Waals surface area contributed by atoms with E-state index in [1.807, 2.05) is 0 Å². The van der Waals surface area contributed by atoms with Crippen molar-refractivity contribution in [2.24, 2.45) is 0 Å². The van der Waals surface area contributed by atoms with E-state index in [9.17, 15) is 0 Å². The van der Waals surface area contributed by atoms with Crippen molar-refractivity contribution in [3.05, 3.63) is 28.2 Å². The lowest BCUT2D eigenvalue weighted by Gasteiger charge is -2.23. The van der Waals surface area contributed by atoms with Gasteiger partial charge in [0.2, 0.25) is 0 Å². The van der Waals surface area contributed by atoms with Crippen molar-refractivity contribution in [3.63, 3.8) is 0 Å². The fraction of sp³-hybridized carbons (Fsp3) is 0.600. The highest BCUT2D eigenvalue weighted by molar-refractivity contribution is 9.10. The molecule has 0 amide bonds. The molecule has 0 fully saturated rings. The maximum absolute atomic E-state index is 5.61. The van der Waals surface area contributed by atoms with Crippen LogP contribution >= 0.6 is 15.9 Å². The van der Waals surface area contributed by atoms with Crippen LogP contribution in [0.3, 0.4) is 0 Å². The zero-order valence-corrected chi connectivity index (χ0v) is 14.0. The molecule has 4 heteroatoms. The number of nitrogens with one attached hydrogen (secondary N) is 1. The van der Waals surface area contributed by atoms with Crippen LogP contribution in [0.4, 0.5) is 5.69 Å². The Morgan fingerprint density at radius 2 is 2.11 bits per heavy atom. The summed E-state index contributed by atoms with van der Waals surface area (Å²) in [7, 11) is 2.11. The topological polar surface area (TPSA) is 24.5 Å². The minimum Gasteiger partial charge on any atom is -0.377 e. The third kappa shape index (κ3) is 5.93. The van der Waals surface area contributed by atoms with Crippen LogP contribution in [-0.2, 0) is 11.3 Å². The molecule has 0 unspecified atom stereocenters. The largest absolute Gasteiger partial charge is 0.377 e. The van der Waals surface area contributed by atoms with Crippen LogP contribution in [0.2, 0.25) is 0 Å². The monoisotopic (exact) mass is 328 g/mol. The maximum Gasteiger partial charge on any atom is 0.0644 e. The molecule has 108 valence electrons. The van der Waals surface area contributed by atoms with Crippen LogP contribution in [0.15, 0.2) is 22.7 Å². The second-order valence-corrected chi connectivity index (χ2v) is 5.81. The van der Waals surface area contributed by atoms with Gasteiger partial charge < -0.3 is 15.0 Å². The quantitative estimate of drug-likeness (QED) is 0.791. The summed E-state index contributed by atoms with van der Waals surface area (Å²) < 4.78 is 6.73. The lowest BCUT2D eigenvalue weighted by atomic mass is 10.1. The third-order valence-electron chi connectivity index (χ3n) is 2.90. The molecule has 1 aromatic rings.